The molecule has 6 N–H and O–H groups in total. The predicted octanol–water partition coefficient (Wildman–Crippen LogP) is -1.32. The molecule has 0 bridgehead atoms. The van der Waals surface area contributed by atoms with E-state index in [1.165, 1.54) is 0 Å². The van der Waals surface area contributed by atoms with Gasteiger partial charge in [0.05, 0.1) is 25.0 Å². The molecular weight excluding hydrogens is 795 g/mol. The van der Waals surface area contributed by atoms with Crippen molar-refractivity contribution in [3.63, 3.8) is 0 Å². The number of methoxy groups -OCH3 is 1. The van der Waals surface area contributed by atoms with Crippen molar-refractivity contribution in [1.82, 2.24) is 10.3 Å². The second-order valence-electron chi connectivity index (χ2n) is 11.7. The molecule has 0 spiro atoms. The zero-order chi connectivity index (χ0) is 44.1. The number of aromatic amines is 1. The Labute approximate surface area is 318 Å². The number of carboxylic acids is 3. The van der Waals surface area contributed by atoms with Crippen LogP contribution in [-0.4, -0.2) is 92.8 Å². The van der Waals surface area contributed by atoms with E-state index in [2.05, 4.69) is 15.3 Å². The minimum atomic E-state index is -5.19. The molecule has 1 aromatic carbocycles. The number of aromatic nitrogens is 1. The summed E-state index contributed by atoms with van der Waals surface area (Å²) >= 11 is 0. The number of carbonyl (C=O) groups excluding carboxylic acids is 5. The van der Waals surface area contributed by atoms with Crippen molar-refractivity contribution in [3.8, 4) is 5.75 Å². The van der Waals surface area contributed by atoms with Crippen LogP contribution >= 0.6 is 0 Å². The summed E-state index contributed by atoms with van der Waals surface area (Å²) in [4.78, 5) is 58.8. The minimum absolute atomic E-state index is 0.0164. The molecule has 0 aliphatic carbocycles. The van der Waals surface area contributed by atoms with Crippen molar-refractivity contribution in [2.45, 2.75) is 76.4 Å². The topological polar surface area (TPSA) is 239 Å². The summed E-state index contributed by atoms with van der Waals surface area (Å²) in [6, 6.07) is 9.84. The number of para-hydroxylation sites is 1. The van der Waals surface area contributed by atoms with Gasteiger partial charge in [-0.2, -0.15) is 49.5 Å². The van der Waals surface area contributed by atoms with Crippen LogP contribution in [0.2, 0.25) is 0 Å². The second kappa shape index (κ2) is 24.3. The van der Waals surface area contributed by atoms with Gasteiger partial charge in [-0.3, -0.25) is 20.3 Å². The lowest BCUT2D eigenvalue weighted by molar-refractivity contribution is -0.793. The van der Waals surface area contributed by atoms with Crippen molar-refractivity contribution < 1.29 is 99.3 Å². The third-order valence-electron chi connectivity index (χ3n) is 7.02. The number of aliphatic imine (C=N–C) groups is 1. The second-order valence-corrected chi connectivity index (χ2v) is 11.7. The number of benzene rings is 1. The molecular formula is C33H41F9N6O9. The van der Waals surface area contributed by atoms with E-state index in [9.17, 15) is 49.1 Å². The molecule has 2 aromatic rings. The number of carboxylic acid groups (broad SMARTS) is 3. The van der Waals surface area contributed by atoms with Gasteiger partial charge in [-0.15, -0.1) is 0 Å². The number of halogens is 9. The number of carbonyl (C=O) groups is 5. The highest BCUT2D eigenvalue weighted by Crippen LogP contribution is 2.24. The van der Waals surface area contributed by atoms with Crippen LogP contribution < -0.4 is 41.1 Å². The zero-order valence-electron chi connectivity index (χ0n) is 30.8. The molecule has 0 radical (unpaired) electrons. The Balaban J connectivity index is 0.00000121. The number of pyridine rings is 1. The highest BCUT2D eigenvalue weighted by molar-refractivity contribution is 5.90. The third kappa shape index (κ3) is 21.5. The number of unbranched alkanes of at least 4 members (excludes halogenated alkanes) is 2. The Morgan fingerprint density at radius 2 is 1.40 bits per heavy atom. The lowest BCUT2D eigenvalue weighted by atomic mass is 10.0. The van der Waals surface area contributed by atoms with Crippen molar-refractivity contribution in [2.75, 3.05) is 27.7 Å². The predicted molar refractivity (Wildman–Crippen MR) is 173 cm³/mol. The molecule has 1 aliphatic heterocycles. The first-order valence-electron chi connectivity index (χ1n) is 16.5. The van der Waals surface area contributed by atoms with E-state index in [4.69, 9.17) is 34.4 Å². The van der Waals surface area contributed by atoms with Crippen molar-refractivity contribution in [3.05, 3.63) is 42.2 Å². The summed E-state index contributed by atoms with van der Waals surface area (Å²) in [5.41, 5.74) is 4.84. The van der Waals surface area contributed by atoms with Crippen LogP contribution in [-0.2, 0) is 24.0 Å². The van der Waals surface area contributed by atoms with Gasteiger partial charge in [-0.1, -0.05) is 31.9 Å². The maximum Gasteiger partial charge on any atom is 0.430 e. The number of alkyl halides is 9. The fourth-order valence-corrected chi connectivity index (χ4v) is 4.28. The van der Waals surface area contributed by atoms with Crippen LogP contribution in [0.4, 0.5) is 39.5 Å². The number of aliphatic carboxylic acids is 3. The number of ketones is 1. The maximum absolute atomic E-state index is 12.7. The van der Waals surface area contributed by atoms with E-state index in [0.29, 0.717) is 31.6 Å². The number of nitrogens with one attached hydrogen (secondary N) is 2. The molecule has 1 amide bonds. The Kier molecular flexibility index (Phi) is 22.0. The van der Waals surface area contributed by atoms with Crippen molar-refractivity contribution >= 4 is 52.0 Å². The summed E-state index contributed by atoms with van der Waals surface area (Å²) in [7, 11) is 5.59. The van der Waals surface area contributed by atoms with Gasteiger partial charge in [0.25, 0.3) is 5.69 Å². The van der Waals surface area contributed by atoms with Gasteiger partial charge in [-0.25, -0.2) is 4.99 Å². The zero-order valence-corrected chi connectivity index (χ0v) is 30.8. The fraction of sp³-hybridized carbons (Fsp3) is 0.485. The molecule has 3 rings (SSSR count). The standard InChI is InChI=1S/C27H38N6O3.3C2HF3O2/c1-5-19(34)11-7-6-8-14-22(31-26(35)15-16-29-33(2)3)27-28-18-24(32-27)23-17-25(36-4)20-12-9-10-13-21(20)30-23;3*3-2(4,5)1(6)7/h9-10,12-13,17-18,22,29H,5-8,11,14-16H2,1-4H3,(H,28,32)(H,31,35);3*(H,6,7)/t22-;;;/m0.../s1. The lowest BCUT2D eigenvalue weighted by Crippen LogP contribution is -2.92. The number of amides is 1. The van der Waals surface area contributed by atoms with E-state index in [-0.39, 0.29) is 11.9 Å². The number of ether oxygens (including phenoxy) is 1. The number of rotatable bonds is 15. The third-order valence-corrected chi connectivity index (χ3v) is 7.02. The number of hydrogen-bond donors (Lipinski definition) is 3. The summed E-state index contributed by atoms with van der Waals surface area (Å²) in [6.07, 6.45) is -8.54. The summed E-state index contributed by atoms with van der Waals surface area (Å²) in [5, 5.41) is 34.6. The number of fused-ring (bicyclic) bond motifs is 1. The first kappa shape index (κ1) is 51.6. The number of hydrogen-bond acceptors (Lipinski definition) is 11. The molecule has 0 saturated carbocycles. The van der Waals surface area contributed by atoms with E-state index < -0.39 is 36.4 Å². The van der Waals surface area contributed by atoms with Crippen LogP contribution in [0.5, 0.6) is 5.75 Å². The Hall–Kier alpha value is -5.36. The van der Waals surface area contributed by atoms with Crippen LogP contribution in [0.15, 0.2) is 41.5 Å². The van der Waals surface area contributed by atoms with Gasteiger partial charge in [0.1, 0.15) is 48.2 Å². The monoisotopic (exact) mass is 836 g/mol. The average molecular weight is 837 g/mol. The number of quaternary nitrogens is 2. The number of Topliss-reactive ketones (excluding diaryl/α,β-unsaturated/α-hetero) is 1. The molecule has 2 heterocycles. The molecule has 57 heavy (non-hydrogen) atoms. The first-order chi connectivity index (χ1) is 26.2. The highest BCUT2D eigenvalue weighted by Gasteiger charge is 2.32. The first-order valence-corrected chi connectivity index (χ1v) is 16.5. The summed E-state index contributed by atoms with van der Waals surface area (Å²) in [5.74, 6) is -7.05. The molecule has 1 aliphatic rings. The van der Waals surface area contributed by atoms with Gasteiger partial charge >= 0.3 is 18.5 Å². The molecule has 15 nitrogen and oxygen atoms in total. The van der Waals surface area contributed by atoms with Gasteiger partial charge in [0, 0.05) is 33.0 Å². The van der Waals surface area contributed by atoms with E-state index in [0.717, 1.165) is 59.6 Å². The van der Waals surface area contributed by atoms with E-state index >= 15 is 0 Å². The summed E-state index contributed by atoms with van der Waals surface area (Å²) in [6.45, 7) is 2.60. The molecule has 0 saturated heterocycles. The molecule has 24 heteroatoms. The van der Waals surface area contributed by atoms with Gasteiger partial charge in [0.2, 0.25) is 23.0 Å². The molecule has 320 valence electrons. The average Bonchev–Trinajstić information content (AvgIpc) is 3.60. The minimum Gasteiger partial charge on any atom is -0.542 e. The van der Waals surface area contributed by atoms with Crippen LogP contribution in [0.3, 0.4) is 0 Å². The van der Waals surface area contributed by atoms with Crippen LogP contribution in [0.25, 0.3) is 16.6 Å². The van der Waals surface area contributed by atoms with Gasteiger partial charge < -0.3 is 39.8 Å². The smallest absolute Gasteiger partial charge is 0.430 e. The van der Waals surface area contributed by atoms with Crippen molar-refractivity contribution in [1.29, 1.82) is 0 Å². The molecule has 0 fully saturated rings. The number of amidine groups is 1. The fourth-order valence-electron chi connectivity index (χ4n) is 4.28. The van der Waals surface area contributed by atoms with E-state index in [1.807, 2.05) is 73.3 Å². The Bertz CT molecular complexity index is 1660. The SMILES string of the molecule is CCC(=O)CCCCC[C@H](NC(=O)CC[NH2+]N(C)C)C1=NC=C(c2cc(OC)c3ccccc3[nH+]2)[NH2+]1.O=C([O-])C(F)(F)F.O=C([O-])C(F)(F)F.O=C([O-])C(F)(F)F. The molecule has 0 unspecified atom stereocenters. The Morgan fingerprint density at radius 3 is 1.88 bits per heavy atom. The quantitative estimate of drug-likeness (QED) is 0.0828. The number of nitrogens with zero attached hydrogens (tertiary/aromatic N) is 2. The van der Waals surface area contributed by atoms with Gasteiger partial charge in [-0.05, 0) is 18.9 Å². The Morgan fingerprint density at radius 1 is 0.877 bits per heavy atom. The van der Waals surface area contributed by atoms with Gasteiger partial charge in [0.15, 0.2) is 0 Å². The number of H-pyrrole nitrogens is 1. The highest BCUT2D eigenvalue weighted by atomic mass is 19.4. The number of nitrogens with two attached hydrogens (primary N) is 2. The largest absolute Gasteiger partial charge is 0.542 e. The lowest BCUT2D eigenvalue weighted by Gasteiger charge is -2.17. The van der Waals surface area contributed by atoms with Crippen molar-refractivity contribution in [2.24, 2.45) is 4.99 Å². The van der Waals surface area contributed by atoms with Crippen LogP contribution in [0, 0.1) is 0 Å². The van der Waals surface area contributed by atoms with Crippen LogP contribution in [0.1, 0.15) is 57.6 Å². The maximum atomic E-state index is 12.7. The molecule has 1 aromatic heterocycles. The molecule has 1 atom stereocenters. The normalized spacial score (nSPS) is 13.0. The van der Waals surface area contributed by atoms with E-state index in [1.54, 1.807) is 7.11 Å². The summed E-state index contributed by atoms with van der Waals surface area (Å²) < 4.78 is 100.